The van der Waals surface area contributed by atoms with E-state index in [1.54, 1.807) is 0 Å². The van der Waals surface area contributed by atoms with Gasteiger partial charge >= 0.3 is 0 Å². The molecular weight excluding hydrogens is 897 g/mol. The number of anilines is 6. The number of para-hydroxylation sites is 2. The summed E-state index contributed by atoms with van der Waals surface area (Å²) in [5.74, 6) is 0. The topological polar surface area (TPSA) is 6.48 Å². The van der Waals surface area contributed by atoms with Gasteiger partial charge in [0.05, 0.1) is 5.41 Å². The molecule has 348 valence electrons. The molecule has 2 nitrogen and oxygen atoms in total. The highest BCUT2D eigenvalue weighted by Crippen LogP contribution is 2.64. The maximum atomic E-state index is 2.57. The molecule has 0 unspecified atom stereocenters. The van der Waals surface area contributed by atoms with Crippen LogP contribution in [0.25, 0.3) is 43.1 Å². The summed E-state index contributed by atoms with van der Waals surface area (Å²) in [7, 11) is 0. The Bertz CT molecular complexity index is 3410. The van der Waals surface area contributed by atoms with Gasteiger partial charge in [0.25, 0.3) is 0 Å². The van der Waals surface area contributed by atoms with Gasteiger partial charge < -0.3 is 9.80 Å². The maximum absolute atomic E-state index is 2.57. The highest BCUT2D eigenvalue weighted by molar-refractivity contribution is 7.20. The summed E-state index contributed by atoms with van der Waals surface area (Å²) in [6, 6.07) is 77.9. The van der Waals surface area contributed by atoms with E-state index in [9.17, 15) is 0 Å². The molecule has 4 heteroatoms. The minimum Gasteiger partial charge on any atom is -0.302 e. The van der Waals surface area contributed by atoms with Gasteiger partial charge in [-0.25, -0.2) is 0 Å². The van der Waals surface area contributed by atoms with E-state index in [1.807, 2.05) is 22.7 Å². The van der Waals surface area contributed by atoms with Crippen molar-refractivity contribution in [1.82, 2.24) is 0 Å². The first-order chi connectivity index (χ1) is 34.3. The minimum absolute atomic E-state index is 0.0416. The Kier molecular flexibility index (Phi) is 10.7. The number of benzene rings is 8. The molecule has 12 rings (SSSR count). The molecule has 0 saturated heterocycles. The van der Waals surface area contributed by atoms with Crippen molar-refractivity contribution in [3.05, 3.63) is 251 Å². The number of fused-ring (bicyclic) bond motifs is 10. The van der Waals surface area contributed by atoms with Gasteiger partial charge in [0.1, 0.15) is 10.0 Å². The molecule has 0 amide bonds. The van der Waals surface area contributed by atoms with Crippen molar-refractivity contribution in [2.24, 2.45) is 0 Å². The van der Waals surface area contributed by atoms with E-state index in [0.29, 0.717) is 0 Å². The number of thiophene rings is 2. The second kappa shape index (κ2) is 17.0. The Labute approximate surface area is 428 Å². The van der Waals surface area contributed by atoms with Crippen molar-refractivity contribution < 1.29 is 0 Å². The van der Waals surface area contributed by atoms with E-state index >= 15 is 0 Å². The zero-order chi connectivity index (χ0) is 48.8. The van der Waals surface area contributed by atoms with E-state index in [2.05, 4.69) is 271 Å². The third-order valence-corrected chi connectivity index (χ3v) is 17.0. The van der Waals surface area contributed by atoms with Crippen LogP contribution in [0.1, 0.15) is 86.1 Å². The van der Waals surface area contributed by atoms with Crippen molar-refractivity contribution in [2.45, 2.75) is 71.6 Å². The molecule has 2 aromatic heterocycles. The van der Waals surface area contributed by atoms with Gasteiger partial charge in [0.15, 0.2) is 0 Å². The van der Waals surface area contributed by atoms with Crippen LogP contribution in [0.2, 0.25) is 0 Å². The second-order valence-corrected chi connectivity index (χ2v) is 23.7. The van der Waals surface area contributed by atoms with Crippen molar-refractivity contribution in [1.29, 1.82) is 0 Å². The molecule has 2 aliphatic rings. The molecule has 1 spiro atoms. The molecule has 0 aliphatic heterocycles. The van der Waals surface area contributed by atoms with Crippen LogP contribution < -0.4 is 9.80 Å². The molecule has 0 radical (unpaired) electrons. The van der Waals surface area contributed by atoms with Crippen LogP contribution in [-0.2, 0) is 16.2 Å². The Morgan fingerprint density at radius 1 is 0.338 bits per heavy atom. The van der Waals surface area contributed by atoms with Crippen LogP contribution >= 0.6 is 22.7 Å². The monoisotopic (exact) mass is 954 g/mol. The molecule has 10 aromatic rings. The predicted octanol–water partition coefficient (Wildman–Crippen LogP) is 19.6. The van der Waals surface area contributed by atoms with Gasteiger partial charge in [-0.2, -0.15) is 0 Å². The fraction of sp³-hybridized carbons (Fsp3) is 0.164. The minimum atomic E-state index is -0.556. The lowest BCUT2D eigenvalue weighted by Crippen LogP contribution is -2.27. The number of hydrogen-bond acceptors (Lipinski definition) is 4. The SMILES string of the molecule is Cc1cccc(N(c2ccccc2)c2ccc(-c3ccc4c(c3)C3(c5cc(-c6ccc(N(c7ccccc7)c7cccc(C)c7)s6)ccc5-4)c4cc(C(C)(C)C)ccc4-c4ccc(C(C)(C)C)cc43)s2)c1. The molecule has 2 aliphatic carbocycles. The van der Waals surface area contributed by atoms with Gasteiger partial charge in [-0.15, -0.1) is 22.7 Å². The van der Waals surface area contributed by atoms with Crippen LogP contribution in [0.3, 0.4) is 0 Å². The Balaban J connectivity index is 1.07. The highest BCUT2D eigenvalue weighted by Gasteiger charge is 2.52. The largest absolute Gasteiger partial charge is 0.302 e. The van der Waals surface area contributed by atoms with Crippen LogP contribution in [0.5, 0.6) is 0 Å². The first-order valence-corrected chi connectivity index (χ1v) is 26.5. The summed E-state index contributed by atoms with van der Waals surface area (Å²) < 4.78 is 0. The number of aryl methyl sites for hydroxylation is 2. The van der Waals surface area contributed by atoms with Crippen LogP contribution in [0, 0.1) is 13.8 Å². The third kappa shape index (κ3) is 7.59. The van der Waals surface area contributed by atoms with E-state index in [4.69, 9.17) is 0 Å². The average Bonchev–Trinajstić information content (AvgIpc) is 4.16. The maximum Gasteiger partial charge on any atom is 0.101 e. The standard InChI is InChI=1S/C67H58N2S2/c1-43-17-15-23-51(37-43)68(49-19-11-9-12-20-49)63-35-33-61(70-63)45-25-29-53-54-30-26-46(62-34-36-64(71-62)69(50-21-13-10-14-22-50)52-24-16-18-44(2)38-52)40-58(54)67(57(53)39-45)59-41-47(65(3,4)5)27-31-55(59)56-32-28-48(42-60(56)67)66(6,7)8/h9-42H,1-8H3. The van der Waals surface area contributed by atoms with E-state index < -0.39 is 5.41 Å². The van der Waals surface area contributed by atoms with Gasteiger partial charge in [0, 0.05) is 32.5 Å². The predicted molar refractivity (Wildman–Crippen MR) is 306 cm³/mol. The zero-order valence-electron chi connectivity index (χ0n) is 41.8. The van der Waals surface area contributed by atoms with Crippen molar-refractivity contribution >= 4 is 55.4 Å². The van der Waals surface area contributed by atoms with Gasteiger partial charge in [-0.05, 0) is 187 Å². The summed E-state index contributed by atoms with van der Waals surface area (Å²) in [4.78, 5) is 7.29. The number of rotatable bonds is 8. The summed E-state index contributed by atoms with van der Waals surface area (Å²) in [6.07, 6.45) is 0. The highest BCUT2D eigenvalue weighted by atomic mass is 32.1. The first-order valence-electron chi connectivity index (χ1n) is 24.9. The molecule has 0 atom stereocenters. The number of hydrogen-bond donors (Lipinski definition) is 0. The molecule has 2 heterocycles. The number of nitrogens with zero attached hydrogens (tertiary/aromatic N) is 2. The molecule has 71 heavy (non-hydrogen) atoms. The molecule has 0 saturated carbocycles. The molecule has 0 fully saturated rings. The van der Waals surface area contributed by atoms with Crippen LogP contribution in [0.4, 0.5) is 32.8 Å². The average molecular weight is 955 g/mol. The van der Waals surface area contributed by atoms with E-state index in [0.717, 1.165) is 22.7 Å². The summed E-state index contributed by atoms with van der Waals surface area (Å²) in [6.45, 7) is 18.4. The molecular formula is C67H58N2S2. The van der Waals surface area contributed by atoms with Gasteiger partial charge in [0.2, 0.25) is 0 Å². The third-order valence-electron chi connectivity index (χ3n) is 14.7. The van der Waals surface area contributed by atoms with E-state index in [-0.39, 0.29) is 10.8 Å². The van der Waals surface area contributed by atoms with Crippen molar-refractivity contribution in [2.75, 3.05) is 9.80 Å². The summed E-state index contributed by atoms with van der Waals surface area (Å²) >= 11 is 3.72. The fourth-order valence-corrected chi connectivity index (χ4v) is 13.3. The fourth-order valence-electron chi connectivity index (χ4n) is 11.2. The summed E-state index contributed by atoms with van der Waals surface area (Å²) in [5.41, 5.74) is 22.4. The van der Waals surface area contributed by atoms with Gasteiger partial charge in [-0.1, -0.05) is 163 Å². The Morgan fingerprint density at radius 2 is 0.704 bits per heavy atom. The quantitative estimate of drug-likeness (QED) is 0.150. The lowest BCUT2D eigenvalue weighted by Gasteiger charge is -2.33. The van der Waals surface area contributed by atoms with E-state index in [1.165, 1.54) is 97.6 Å². The Hall–Kier alpha value is -7.24. The molecule has 0 bridgehead atoms. The summed E-state index contributed by atoms with van der Waals surface area (Å²) in [5, 5.41) is 2.37. The zero-order valence-corrected chi connectivity index (χ0v) is 43.5. The molecule has 8 aromatic carbocycles. The molecule has 0 N–H and O–H groups in total. The lowest BCUT2D eigenvalue weighted by atomic mass is 9.68. The normalized spacial score (nSPS) is 13.2. The van der Waals surface area contributed by atoms with Crippen molar-refractivity contribution in [3.63, 3.8) is 0 Å². The van der Waals surface area contributed by atoms with Crippen LogP contribution in [-0.4, -0.2) is 0 Å². The van der Waals surface area contributed by atoms with Crippen LogP contribution in [0.15, 0.2) is 206 Å². The Morgan fingerprint density at radius 3 is 1.08 bits per heavy atom. The second-order valence-electron chi connectivity index (χ2n) is 21.6. The lowest BCUT2D eigenvalue weighted by molar-refractivity contribution is 0.586. The smallest absolute Gasteiger partial charge is 0.101 e. The van der Waals surface area contributed by atoms with Gasteiger partial charge in [-0.3, -0.25) is 0 Å². The first kappa shape index (κ1) is 44.9. The van der Waals surface area contributed by atoms with Crippen molar-refractivity contribution in [3.8, 4) is 43.1 Å².